The maximum atomic E-state index is 14.0. The summed E-state index contributed by atoms with van der Waals surface area (Å²) in [4.78, 5) is 66.1. The maximum absolute atomic E-state index is 14.0. The molecule has 3 amide bonds. The van der Waals surface area contributed by atoms with E-state index in [0.29, 0.717) is 34.7 Å². The highest BCUT2D eigenvalue weighted by molar-refractivity contribution is 6.08. The monoisotopic (exact) mass is 687 g/mol. The van der Waals surface area contributed by atoms with Gasteiger partial charge >= 0.3 is 12.1 Å². The van der Waals surface area contributed by atoms with Crippen LogP contribution in [0, 0.1) is 23.3 Å². The normalized spacial score (nSPS) is 17.9. The van der Waals surface area contributed by atoms with E-state index in [2.05, 4.69) is 15.4 Å². The molecule has 49 heavy (non-hydrogen) atoms. The van der Waals surface area contributed by atoms with Gasteiger partial charge in [0, 0.05) is 18.6 Å². The van der Waals surface area contributed by atoms with Crippen molar-refractivity contribution >= 4 is 35.3 Å². The molecule has 256 valence electrons. The molecule has 3 N–H and O–H groups in total. The van der Waals surface area contributed by atoms with E-state index in [1.54, 1.807) is 24.3 Å². The van der Waals surface area contributed by atoms with E-state index in [9.17, 15) is 46.6 Å². The van der Waals surface area contributed by atoms with Crippen molar-refractivity contribution in [1.82, 2.24) is 10.6 Å². The Morgan fingerprint density at radius 3 is 2.43 bits per heavy atom. The van der Waals surface area contributed by atoms with Gasteiger partial charge in [0.1, 0.15) is 30.5 Å². The van der Waals surface area contributed by atoms with Gasteiger partial charge in [-0.15, -0.1) is 0 Å². The van der Waals surface area contributed by atoms with Gasteiger partial charge in [-0.3, -0.25) is 24.1 Å². The van der Waals surface area contributed by atoms with Crippen LogP contribution in [0.15, 0.2) is 42.5 Å². The number of nitrogens with one attached hydrogen (secondary N) is 2. The molecule has 3 heterocycles. The number of anilines is 1. The van der Waals surface area contributed by atoms with Crippen LogP contribution in [0.2, 0.25) is 0 Å². The van der Waals surface area contributed by atoms with Crippen LogP contribution in [0.25, 0.3) is 0 Å². The first-order chi connectivity index (χ1) is 23.4. The molecule has 0 aliphatic carbocycles. The molecule has 0 spiro atoms. The Hall–Kier alpha value is -5.87. The summed E-state index contributed by atoms with van der Waals surface area (Å²) in [6.45, 7) is -1.27. The quantitative estimate of drug-likeness (QED) is 0.213. The summed E-state index contributed by atoms with van der Waals surface area (Å²) in [6, 6.07) is 5.20. The predicted molar refractivity (Wildman–Crippen MR) is 156 cm³/mol. The highest BCUT2D eigenvalue weighted by atomic mass is 19.2. The van der Waals surface area contributed by atoms with Crippen LogP contribution in [0.5, 0.6) is 23.0 Å². The number of aliphatic carboxylic acids is 1. The zero-order valence-electron chi connectivity index (χ0n) is 25.1. The van der Waals surface area contributed by atoms with Gasteiger partial charge in [0.15, 0.2) is 34.7 Å². The molecular formula is C32H25F4N3O10. The number of Topliss-reactive ketones (excluding diaryl/α,β-unsaturated/α-hetero) is 1. The van der Waals surface area contributed by atoms with Crippen LogP contribution < -0.4 is 34.5 Å². The van der Waals surface area contributed by atoms with E-state index >= 15 is 0 Å². The fourth-order valence-electron chi connectivity index (χ4n) is 5.80. The first kappa shape index (κ1) is 33.0. The fraction of sp³-hybridized carbons (Fsp3) is 0.281. The third kappa shape index (κ3) is 6.63. The van der Waals surface area contributed by atoms with E-state index in [1.165, 1.54) is 12.1 Å². The van der Waals surface area contributed by atoms with E-state index < -0.39 is 89.8 Å². The molecular weight excluding hydrogens is 662 g/mol. The lowest BCUT2D eigenvalue weighted by atomic mass is 10.0. The molecule has 0 aromatic heterocycles. The average Bonchev–Trinajstić information content (AvgIpc) is 3.66. The zero-order valence-corrected chi connectivity index (χ0v) is 25.1. The molecule has 3 aliphatic heterocycles. The molecule has 13 nitrogen and oxygen atoms in total. The number of carboxylic acid groups (broad SMARTS) is 1. The predicted octanol–water partition coefficient (Wildman–Crippen LogP) is 2.94. The Labute approximate surface area is 273 Å². The summed E-state index contributed by atoms with van der Waals surface area (Å²) >= 11 is 0. The molecule has 3 aliphatic rings. The standard InChI is InChI=1S/C32H25F4N3O10/c33-17-10-18(34)27(36)29(26(17)35)46-12-22(40)20(11-25(41)42)37-30(43)21-8-15-3-1-2-14-4-6-19(31(44)39(21)28(14)15)38-32(45)49-16-5-7-23-24(9-16)48-13-47-23/h1-3,5,7,9-10,19-21H,4,6,8,11-13H2,(H,37,43)(H,38,45)(H,41,42)/t19-,20?,21-/m0/s1. The highest BCUT2D eigenvalue weighted by Gasteiger charge is 2.45. The highest BCUT2D eigenvalue weighted by Crippen LogP contribution is 2.39. The van der Waals surface area contributed by atoms with E-state index in [1.807, 2.05) is 0 Å². The number of nitrogens with zero attached hydrogens (tertiary/aromatic N) is 1. The fourth-order valence-corrected chi connectivity index (χ4v) is 5.80. The number of para-hydroxylation sites is 1. The number of carbonyl (C=O) groups excluding carboxylic acids is 4. The Balaban J connectivity index is 1.18. The van der Waals surface area contributed by atoms with Gasteiger partial charge in [-0.1, -0.05) is 18.2 Å². The summed E-state index contributed by atoms with van der Waals surface area (Å²) in [7, 11) is 0. The minimum atomic E-state index is -1.92. The largest absolute Gasteiger partial charge is 0.481 e. The third-order valence-corrected chi connectivity index (χ3v) is 8.07. The first-order valence-corrected chi connectivity index (χ1v) is 14.7. The number of benzene rings is 3. The summed E-state index contributed by atoms with van der Waals surface area (Å²) < 4.78 is 75.8. The molecule has 17 heteroatoms. The van der Waals surface area contributed by atoms with Crippen molar-refractivity contribution in [3.8, 4) is 23.0 Å². The van der Waals surface area contributed by atoms with Gasteiger partial charge in [0.05, 0.1) is 12.1 Å². The Bertz CT molecular complexity index is 1860. The summed E-state index contributed by atoms with van der Waals surface area (Å²) in [5, 5.41) is 14.2. The third-order valence-electron chi connectivity index (χ3n) is 8.07. The molecule has 0 bridgehead atoms. The first-order valence-electron chi connectivity index (χ1n) is 14.7. The lowest BCUT2D eigenvalue weighted by molar-refractivity contribution is -0.140. The van der Waals surface area contributed by atoms with E-state index in [4.69, 9.17) is 14.2 Å². The molecule has 3 aromatic rings. The second-order valence-corrected chi connectivity index (χ2v) is 11.2. The molecule has 0 saturated carbocycles. The Morgan fingerprint density at radius 2 is 1.69 bits per heavy atom. The Morgan fingerprint density at radius 1 is 0.980 bits per heavy atom. The lowest BCUT2D eigenvalue weighted by Crippen LogP contribution is -2.57. The summed E-state index contributed by atoms with van der Waals surface area (Å²) in [5.41, 5.74) is 1.70. The minimum Gasteiger partial charge on any atom is -0.481 e. The van der Waals surface area contributed by atoms with E-state index in [0.717, 1.165) is 4.90 Å². The van der Waals surface area contributed by atoms with Crippen molar-refractivity contribution in [2.45, 2.75) is 43.8 Å². The minimum absolute atomic E-state index is 0.00375. The molecule has 0 radical (unpaired) electrons. The molecule has 3 aromatic carbocycles. The van der Waals surface area contributed by atoms with Crippen molar-refractivity contribution in [3.63, 3.8) is 0 Å². The molecule has 0 fully saturated rings. The van der Waals surface area contributed by atoms with Crippen molar-refractivity contribution in [1.29, 1.82) is 0 Å². The maximum Gasteiger partial charge on any atom is 0.413 e. The topological polar surface area (TPSA) is 170 Å². The number of amides is 3. The van der Waals surface area contributed by atoms with Crippen LogP contribution >= 0.6 is 0 Å². The van der Waals surface area contributed by atoms with Gasteiger partial charge in [-0.05, 0) is 36.1 Å². The number of aryl methyl sites for hydroxylation is 1. The van der Waals surface area contributed by atoms with Gasteiger partial charge in [-0.2, -0.15) is 8.78 Å². The molecule has 6 rings (SSSR count). The zero-order chi connectivity index (χ0) is 35.0. The van der Waals surface area contributed by atoms with Gasteiger partial charge in [-0.25, -0.2) is 13.6 Å². The number of hydrogen-bond donors (Lipinski definition) is 3. The van der Waals surface area contributed by atoms with Crippen molar-refractivity contribution in [2.24, 2.45) is 0 Å². The van der Waals surface area contributed by atoms with Crippen LogP contribution in [-0.2, 0) is 32.0 Å². The molecule has 3 atom stereocenters. The number of carbonyl (C=O) groups is 5. The number of fused-ring (bicyclic) bond motifs is 1. The average molecular weight is 688 g/mol. The Kier molecular flexibility index (Phi) is 8.99. The summed E-state index contributed by atoms with van der Waals surface area (Å²) in [5.74, 6) is -12.5. The number of halogens is 4. The van der Waals surface area contributed by atoms with Crippen LogP contribution in [0.4, 0.5) is 28.0 Å². The number of ether oxygens (including phenoxy) is 4. The lowest BCUT2D eigenvalue weighted by Gasteiger charge is -2.28. The number of carboxylic acids is 1. The second-order valence-electron chi connectivity index (χ2n) is 11.2. The smallest absolute Gasteiger partial charge is 0.413 e. The molecule has 1 unspecified atom stereocenters. The van der Waals surface area contributed by atoms with Crippen LogP contribution in [0.1, 0.15) is 24.0 Å². The molecule has 0 saturated heterocycles. The van der Waals surface area contributed by atoms with Gasteiger partial charge in [0.25, 0.3) is 0 Å². The summed E-state index contributed by atoms with van der Waals surface area (Å²) in [6.07, 6.45) is -1.58. The van der Waals surface area contributed by atoms with Crippen LogP contribution in [0.3, 0.4) is 0 Å². The van der Waals surface area contributed by atoms with Gasteiger partial charge < -0.3 is 34.7 Å². The van der Waals surface area contributed by atoms with Gasteiger partial charge in [0.2, 0.25) is 30.2 Å². The van der Waals surface area contributed by atoms with E-state index in [-0.39, 0.29) is 31.5 Å². The van der Waals surface area contributed by atoms with Crippen molar-refractivity contribution in [2.75, 3.05) is 18.3 Å². The number of hydrogen-bond acceptors (Lipinski definition) is 9. The number of rotatable bonds is 10. The second kappa shape index (κ2) is 13.3. The van der Waals surface area contributed by atoms with Crippen molar-refractivity contribution in [3.05, 3.63) is 76.9 Å². The van der Waals surface area contributed by atoms with Crippen LogP contribution in [-0.4, -0.2) is 66.3 Å². The van der Waals surface area contributed by atoms with Crippen molar-refractivity contribution < 1.29 is 65.6 Å². The number of ketones is 1. The SMILES string of the molecule is O=C(O)CC(NC(=O)[C@@H]1Cc2cccc3c2N1C(=O)[C@@H](NC(=O)Oc1ccc2c(c1)OCO2)CC3)C(=O)COc1c(F)c(F)cc(F)c1F.